The number of nitrogens with one attached hydrogen (secondary N) is 1. The monoisotopic (exact) mass is 281 g/mol. The highest BCUT2D eigenvalue weighted by Gasteiger charge is 2.43. The van der Waals surface area contributed by atoms with Crippen molar-refractivity contribution in [3.63, 3.8) is 0 Å². The van der Waals surface area contributed by atoms with Gasteiger partial charge in [0.15, 0.2) is 0 Å². The van der Waals surface area contributed by atoms with Gasteiger partial charge in [-0.2, -0.15) is 0 Å². The van der Waals surface area contributed by atoms with Crippen molar-refractivity contribution in [2.24, 2.45) is 0 Å². The number of piperidine rings is 1. The zero-order valence-electron chi connectivity index (χ0n) is 9.47. The quantitative estimate of drug-likeness (QED) is 0.821. The van der Waals surface area contributed by atoms with Gasteiger partial charge in [0.05, 0.1) is 0 Å². The third-order valence-electron chi connectivity index (χ3n) is 3.08. The van der Waals surface area contributed by atoms with Crippen LogP contribution < -0.4 is 5.32 Å². The molecule has 1 N–H and O–H groups in total. The Morgan fingerprint density at radius 1 is 1.35 bits per heavy atom. The lowest BCUT2D eigenvalue weighted by Gasteiger charge is -2.39. The van der Waals surface area contributed by atoms with Crippen LogP contribution in [-0.4, -0.2) is 12.5 Å². The first-order chi connectivity index (χ1) is 7.41. The molecule has 1 aromatic carbocycles. The normalized spacial score (nSPS) is 27.3. The smallest absolute Gasteiger partial charge is 0.251 e. The van der Waals surface area contributed by atoms with Crippen molar-refractivity contribution in [1.82, 2.24) is 5.32 Å². The van der Waals surface area contributed by atoms with Gasteiger partial charge in [-0.1, -0.05) is 23.7 Å². The summed E-state index contributed by atoms with van der Waals surface area (Å²) in [5.41, 5.74) is 0.131. The minimum absolute atomic E-state index is 0. The minimum Gasteiger partial charge on any atom is -0.307 e. The zero-order chi connectivity index (χ0) is 11.8. The predicted octanol–water partition coefficient (Wildman–Crippen LogP) is 4.00. The Bertz CT molecular complexity index is 398. The Kier molecular flexibility index (Phi) is 4.39. The van der Waals surface area contributed by atoms with Crippen molar-refractivity contribution in [3.8, 4) is 0 Å². The van der Waals surface area contributed by atoms with Crippen molar-refractivity contribution in [2.45, 2.75) is 31.2 Å². The van der Waals surface area contributed by atoms with Gasteiger partial charge >= 0.3 is 0 Å². The van der Waals surface area contributed by atoms with Crippen LogP contribution in [0.15, 0.2) is 24.3 Å². The molecule has 17 heavy (non-hydrogen) atoms. The average molecular weight is 282 g/mol. The number of benzene rings is 1. The maximum absolute atomic E-state index is 13.4. The first kappa shape index (κ1) is 14.7. The van der Waals surface area contributed by atoms with Crippen molar-refractivity contribution >= 4 is 24.0 Å². The molecule has 1 aliphatic rings. The Labute approximate surface area is 111 Å². The molecule has 1 atom stereocenters. The Morgan fingerprint density at radius 2 is 2.06 bits per heavy atom. The molecule has 1 saturated heterocycles. The summed E-state index contributed by atoms with van der Waals surface area (Å²) >= 11 is 5.88. The third kappa shape index (κ3) is 3.30. The van der Waals surface area contributed by atoms with E-state index in [4.69, 9.17) is 11.6 Å². The molecule has 0 aliphatic carbocycles. The van der Waals surface area contributed by atoms with Gasteiger partial charge in [-0.15, -0.1) is 12.4 Å². The second kappa shape index (κ2) is 5.09. The molecular weight excluding hydrogens is 267 g/mol. The largest absolute Gasteiger partial charge is 0.307 e. The SMILES string of the molecule is CC1(c2cccc(Cl)c2)CC(F)(F)CCN1.Cl. The van der Waals surface area contributed by atoms with Gasteiger partial charge in [0.25, 0.3) is 5.92 Å². The van der Waals surface area contributed by atoms with Gasteiger partial charge in [-0.05, 0) is 24.6 Å². The zero-order valence-corrected chi connectivity index (χ0v) is 11.0. The molecule has 0 aromatic heterocycles. The van der Waals surface area contributed by atoms with Crippen molar-refractivity contribution in [3.05, 3.63) is 34.9 Å². The van der Waals surface area contributed by atoms with Crippen LogP contribution in [0.1, 0.15) is 25.3 Å². The molecule has 0 radical (unpaired) electrons. The molecule has 0 amide bonds. The predicted molar refractivity (Wildman–Crippen MR) is 68.2 cm³/mol. The maximum atomic E-state index is 13.4. The van der Waals surface area contributed by atoms with E-state index in [9.17, 15) is 8.78 Å². The highest BCUT2D eigenvalue weighted by atomic mass is 35.5. The second-order valence-corrected chi connectivity index (χ2v) is 4.99. The highest BCUT2D eigenvalue weighted by Crippen LogP contribution is 2.39. The Balaban J connectivity index is 0.00000144. The van der Waals surface area contributed by atoms with Crippen LogP contribution in [0.25, 0.3) is 0 Å². The number of hydrogen-bond acceptors (Lipinski definition) is 1. The molecule has 0 bridgehead atoms. The fourth-order valence-corrected chi connectivity index (χ4v) is 2.42. The summed E-state index contributed by atoms with van der Waals surface area (Å²) in [7, 11) is 0. The van der Waals surface area contributed by atoms with Crippen LogP contribution in [0.3, 0.4) is 0 Å². The van der Waals surface area contributed by atoms with E-state index in [0.717, 1.165) is 5.56 Å². The summed E-state index contributed by atoms with van der Waals surface area (Å²) in [5, 5.41) is 3.73. The van der Waals surface area contributed by atoms with Crippen molar-refractivity contribution in [1.29, 1.82) is 0 Å². The van der Waals surface area contributed by atoms with Crippen LogP contribution in [0.5, 0.6) is 0 Å². The van der Waals surface area contributed by atoms with E-state index >= 15 is 0 Å². The van der Waals surface area contributed by atoms with Gasteiger partial charge < -0.3 is 5.32 Å². The van der Waals surface area contributed by atoms with Crippen molar-refractivity contribution in [2.75, 3.05) is 6.54 Å². The molecule has 0 saturated carbocycles. The van der Waals surface area contributed by atoms with Crippen LogP contribution in [-0.2, 0) is 5.54 Å². The lowest BCUT2D eigenvalue weighted by molar-refractivity contribution is -0.0611. The molecule has 0 spiro atoms. The van der Waals surface area contributed by atoms with Gasteiger partial charge in [0.2, 0.25) is 0 Å². The molecular formula is C12H15Cl2F2N. The minimum atomic E-state index is -2.59. The maximum Gasteiger partial charge on any atom is 0.251 e. The number of hydrogen-bond donors (Lipinski definition) is 1. The highest BCUT2D eigenvalue weighted by molar-refractivity contribution is 6.30. The lowest BCUT2D eigenvalue weighted by atomic mass is 9.82. The Morgan fingerprint density at radius 3 is 2.65 bits per heavy atom. The summed E-state index contributed by atoms with van der Waals surface area (Å²) in [6, 6.07) is 7.11. The third-order valence-corrected chi connectivity index (χ3v) is 3.31. The molecule has 1 unspecified atom stereocenters. The van der Waals surface area contributed by atoms with E-state index in [1.165, 1.54) is 0 Å². The molecule has 1 heterocycles. The fourth-order valence-electron chi connectivity index (χ4n) is 2.23. The first-order valence-electron chi connectivity index (χ1n) is 5.30. The van der Waals surface area contributed by atoms with Gasteiger partial charge in [0.1, 0.15) is 0 Å². The topological polar surface area (TPSA) is 12.0 Å². The molecule has 5 heteroatoms. The molecule has 1 aromatic rings. The average Bonchev–Trinajstić information content (AvgIpc) is 2.15. The fraction of sp³-hybridized carbons (Fsp3) is 0.500. The summed E-state index contributed by atoms with van der Waals surface area (Å²) < 4.78 is 26.8. The molecule has 1 fully saturated rings. The second-order valence-electron chi connectivity index (χ2n) is 4.55. The molecule has 1 aliphatic heterocycles. The van der Waals surface area contributed by atoms with E-state index in [0.29, 0.717) is 11.6 Å². The van der Waals surface area contributed by atoms with Gasteiger partial charge in [-0.3, -0.25) is 0 Å². The van der Waals surface area contributed by atoms with E-state index in [1.807, 2.05) is 6.07 Å². The first-order valence-corrected chi connectivity index (χ1v) is 5.68. The van der Waals surface area contributed by atoms with Crippen LogP contribution in [0.2, 0.25) is 5.02 Å². The number of rotatable bonds is 1. The summed E-state index contributed by atoms with van der Waals surface area (Å²) in [5.74, 6) is -2.59. The summed E-state index contributed by atoms with van der Waals surface area (Å²) in [4.78, 5) is 0. The van der Waals surface area contributed by atoms with Crippen LogP contribution >= 0.6 is 24.0 Å². The molecule has 1 nitrogen and oxygen atoms in total. The molecule has 96 valence electrons. The van der Waals surface area contributed by atoms with Gasteiger partial charge in [0, 0.05) is 29.9 Å². The standard InChI is InChI=1S/C12H14ClF2N.ClH/c1-11(8-12(14,15)5-6-16-11)9-3-2-4-10(13)7-9;/h2-4,7,16H,5-6,8H2,1H3;1H. The van der Waals surface area contributed by atoms with Gasteiger partial charge in [-0.25, -0.2) is 8.78 Å². The Hall–Kier alpha value is -0.380. The van der Waals surface area contributed by atoms with E-state index in [1.54, 1.807) is 25.1 Å². The number of halogens is 4. The lowest BCUT2D eigenvalue weighted by Crippen LogP contribution is -2.50. The van der Waals surface area contributed by atoms with E-state index < -0.39 is 11.5 Å². The summed E-state index contributed by atoms with van der Waals surface area (Å²) in [6.45, 7) is 2.13. The summed E-state index contributed by atoms with van der Waals surface area (Å²) in [6.07, 6.45) is -0.274. The number of alkyl halides is 2. The van der Waals surface area contributed by atoms with Crippen LogP contribution in [0, 0.1) is 0 Å². The van der Waals surface area contributed by atoms with E-state index in [2.05, 4.69) is 5.32 Å². The van der Waals surface area contributed by atoms with Crippen LogP contribution in [0.4, 0.5) is 8.78 Å². The van der Waals surface area contributed by atoms with E-state index in [-0.39, 0.29) is 25.2 Å². The molecule has 2 rings (SSSR count). The van der Waals surface area contributed by atoms with Crippen molar-refractivity contribution < 1.29 is 8.78 Å².